The van der Waals surface area contributed by atoms with E-state index in [9.17, 15) is 4.79 Å². The van der Waals surface area contributed by atoms with Crippen LogP contribution in [0.1, 0.15) is 40.6 Å². The van der Waals surface area contributed by atoms with E-state index in [1.54, 1.807) is 6.92 Å². The maximum absolute atomic E-state index is 11.9. The maximum atomic E-state index is 11.9. The fourth-order valence-corrected chi connectivity index (χ4v) is 4.90. The molecule has 0 N–H and O–H groups in total. The first-order valence-corrected chi connectivity index (χ1v) is 11.4. The van der Waals surface area contributed by atoms with Gasteiger partial charge in [0.1, 0.15) is 5.78 Å². The Balaban J connectivity index is 1.69. The van der Waals surface area contributed by atoms with Gasteiger partial charge >= 0.3 is 0 Å². The molecule has 1 aliphatic rings. The molecule has 4 heteroatoms. The fraction of sp³-hybridized carbons (Fsp3) is 0.286. The first kappa shape index (κ1) is 20.5. The summed E-state index contributed by atoms with van der Waals surface area (Å²) in [5.41, 5.74) is 8.61. The monoisotopic (exact) mass is 423 g/mol. The lowest BCUT2D eigenvalue weighted by molar-refractivity contribution is -0.116. The summed E-state index contributed by atoms with van der Waals surface area (Å²) in [6.07, 6.45) is 1.38. The number of ketones is 1. The molecule has 0 amide bonds. The third-order valence-electron chi connectivity index (χ3n) is 6.69. The topological polar surface area (TPSA) is 38.1 Å². The highest BCUT2D eigenvalue weighted by molar-refractivity contribution is 5.95. The normalized spacial score (nSPS) is 13.4. The molecule has 2 aromatic heterocycles. The number of Topliss-reactive ketones (excluding diaryl/α,β-unsaturated/α-hetero) is 1. The predicted octanol–water partition coefficient (Wildman–Crippen LogP) is 5.40. The van der Waals surface area contributed by atoms with Gasteiger partial charge in [0.2, 0.25) is 0 Å². The molecule has 2 aromatic carbocycles. The van der Waals surface area contributed by atoms with Crippen LogP contribution in [0.5, 0.6) is 0 Å². The molecule has 0 saturated carbocycles. The molecule has 0 unspecified atom stereocenters. The summed E-state index contributed by atoms with van der Waals surface area (Å²) in [6, 6.07) is 21.4. The van der Waals surface area contributed by atoms with Crippen molar-refractivity contribution in [3.05, 3.63) is 94.3 Å². The second kappa shape index (κ2) is 8.27. The minimum atomic E-state index is 0.143. The summed E-state index contributed by atoms with van der Waals surface area (Å²) >= 11 is 0. The minimum Gasteiger partial charge on any atom is -0.350 e. The summed E-state index contributed by atoms with van der Waals surface area (Å²) in [5.74, 6) is 1.14. The van der Waals surface area contributed by atoms with Gasteiger partial charge in [-0.2, -0.15) is 0 Å². The molecule has 32 heavy (non-hydrogen) atoms. The Morgan fingerprint density at radius 2 is 1.72 bits per heavy atom. The van der Waals surface area contributed by atoms with E-state index in [1.165, 1.54) is 38.9 Å². The van der Waals surface area contributed by atoms with Crippen molar-refractivity contribution in [1.82, 2.24) is 9.55 Å². The summed E-state index contributed by atoms with van der Waals surface area (Å²) < 4.78 is 2.40. The Kier molecular flexibility index (Phi) is 5.30. The highest BCUT2D eigenvalue weighted by atomic mass is 16.1. The molecule has 4 nitrogen and oxygen atoms in total. The van der Waals surface area contributed by atoms with Crippen molar-refractivity contribution in [2.24, 2.45) is 0 Å². The Bertz CT molecular complexity index is 1300. The van der Waals surface area contributed by atoms with E-state index < -0.39 is 0 Å². The number of nitrogens with zero attached hydrogens (tertiary/aromatic N) is 3. The Labute approximate surface area is 189 Å². The third kappa shape index (κ3) is 3.70. The highest BCUT2D eigenvalue weighted by Crippen LogP contribution is 2.35. The average Bonchev–Trinajstić information content (AvgIpc) is 3.03. The lowest BCUT2D eigenvalue weighted by Crippen LogP contribution is -2.31. The largest absolute Gasteiger partial charge is 0.350 e. The number of carbonyl (C=O) groups excluding carboxylic acids is 1. The first-order chi connectivity index (χ1) is 15.5. The molecule has 0 saturated heterocycles. The molecule has 0 aliphatic carbocycles. The van der Waals surface area contributed by atoms with E-state index in [2.05, 4.69) is 84.0 Å². The zero-order valence-electron chi connectivity index (χ0n) is 19.1. The van der Waals surface area contributed by atoms with Crippen molar-refractivity contribution in [2.45, 2.75) is 46.7 Å². The van der Waals surface area contributed by atoms with Crippen LogP contribution >= 0.6 is 0 Å². The molecular formula is C28H29N3O. The molecule has 0 atom stereocenters. The van der Waals surface area contributed by atoms with Crippen LogP contribution < -0.4 is 4.90 Å². The van der Waals surface area contributed by atoms with Crippen LogP contribution in [-0.2, 0) is 30.7 Å². The number of aryl methyl sites for hydroxylation is 1. The minimum absolute atomic E-state index is 0.143. The van der Waals surface area contributed by atoms with Gasteiger partial charge < -0.3 is 9.47 Å². The number of aromatic nitrogens is 2. The van der Waals surface area contributed by atoms with E-state index >= 15 is 0 Å². The predicted molar refractivity (Wildman–Crippen MR) is 130 cm³/mol. The van der Waals surface area contributed by atoms with E-state index in [-0.39, 0.29) is 5.78 Å². The van der Waals surface area contributed by atoms with Crippen molar-refractivity contribution in [1.29, 1.82) is 0 Å². The van der Waals surface area contributed by atoms with Gasteiger partial charge in [-0.05, 0) is 55.5 Å². The molecule has 5 rings (SSSR count). The van der Waals surface area contributed by atoms with Crippen LogP contribution in [0.15, 0.2) is 60.7 Å². The first-order valence-electron chi connectivity index (χ1n) is 11.4. The number of benzene rings is 2. The highest BCUT2D eigenvalue weighted by Gasteiger charge is 2.24. The SMILES string of the molecule is CC(=O)Cc1cc2c(C)c(C)n(Cc3ccccc3)c2c(N2CCc3ccccc3C2)n1. The summed E-state index contributed by atoms with van der Waals surface area (Å²) in [4.78, 5) is 19.4. The number of carbonyl (C=O) groups is 1. The molecule has 0 fully saturated rings. The zero-order valence-corrected chi connectivity index (χ0v) is 19.1. The van der Waals surface area contributed by atoms with E-state index in [0.29, 0.717) is 6.42 Å². The quantitative estimate of drug-likeness (QED) is 0.432. The van der Waals surface area contributed by atoms with Crippen molar-refractivity contribution in [3.63, 3.8) is 0 Å². The lowest BCUT2D eigenvalue weighted by atomic mass is 9.99. The zero-order chi connectivity index (χ0) is 22.2. The molecule has 3 heterocycles. The number of pyridine rings is 1. The number of rotatable bonds is 5. The van der Waals surface area contributed by atoms with Gasteiger partial charge in [0.15, 0.2) is 5.82 Å². The lowest BCUT2D eigenvalue weighted by Gasteiger charge is -2.31. The summed E-state index contributed by atoms with van der Waals surface area (Å²) in [7, 11) is 0. The third-order valence-corrected chi connectivity index (χ3v) is 6.69. The van der Waals surface area contributed by atoms with Gasteiger partial charge in [0.05, 0.1) is 11.2 Å². The van der Waals surface area contributed by atoms with Crippen LogP contribution in [0.25, 0.3) is 10.9 Å². The summed E-state index contributed by atoms with van der Waals surface area (Å²) in [6.45, 7) is 8.60. The van der Waals surface area contributed by atoms with E-state index in [1.807, 2.05) is 0 Å². The Morgan fingerprint density at radius 1 is 1.00 bits per heavy atom. The average molecular weight is 424 g/mol. The molecule has 0 spiro atoms. The second-order valence-corrected chi connectivity index (χ2v) is 8.93. The van der Waals surface area contributed by atoms with Crippen LogP contribution in [-0.4, -0.2) is 21.9 Å². The molecular weight excluding hydrogens is 394 g/mol. The Morgan fingerprint density at radius 3 is 2.47 bits per heavy atom. The molecule has 1 aliphatic heterocycles. The van der Waals surface area contributed by atoms with Crippen LogP contribution in [0.2, 0.25) is 0 Å². The van der Waals surface area contributed by atoms with Gasteiger partial charge in [-0.15, -0.1) is 0 Å². The van der Waals surface area contributed by atoms with Gasteiger partial charge in [-0.3, -0.25) is 4.79 Å². The van der Waals surface area contributed by atoms with Crippen LogP contribution in [0, 0.1) is 13.8 Å². The summed E-state index contributed by atoms with van der Waals surface area (Å²) in [5, 5.41) is 1.21. The van der Waals surface area contributed by atoms with E-state index in [0.717, 1.165) is 37.6 Å². The van der Waals surface area contributed by atoms with Crippen LogP contribution in [0.3, 0.4) is 0 Å². The Hall–Kier alpha value is -3.40. The molecule has 0 radical (unpaired) electrons. The second-order valence-electron chi connectivity index (χ2n) is 8.93. The molecule has 0 bridgehead atoms. The van der Waals surface area contributed by atoms with Gasteiger partial charge in [-0.1, -0.05) is 54.6 Å². The maximum Gasteiger partial charge on any atom is 0.153 e. The van der Waals surface area contributed by atoms with Crippen molar-refractivity contribution >= 4 is 22.5 Å². The fourth-order valence-electron chi connectivity index (χ4n) is 4.90. The van der Waals surface area contributed by atoms with Gasteiger partial charge in [0, 0.05) is 37.1 Å². The number of fused-ring (bicyclic) bond motifs is 2. The van der Waals surface area contributed by atoms with Crippen LogP contribution in [0.4, 0.5) is 5.82 Å². The number of hydrogen-bond acceptors (Lipinski definition) is 3. The molecule has 162 valence electrons. The smallest absolute Gasteiger partial charge is 0.153 e. The van der Waals surface area contributed by atoms with E-state index in [4.69, 9.17) is 4.98 Å². The van der Waals surface area contributed by atoms with Crippen molar-refractivity contribution in [3.8, 4) is 0 Å². The van der Waals surface area contributed by atoms with Gasteiger partial charge in [0.25, 0.3) is 0 Å². The molecule has 4 aromatic rings. The van der Waals surface area contributed by atoms with Crippen molar-refractivity contribution in [2.75, 3.05) is 11.4 Å². The standard InChI is InChI=1S/C28H29N3O/c1-19(32)15-25-16-26-20(2)21(3)31(17-22-9-5-4-6-10-22)27(26)28(29-25)30-14-13-23-11-7-8-12-24(23)18-30/h4-12,16H,13-15,17-18H2,1-3H3. The van der Waals surface area contributed by atoms with Gasteiger partial charge in [-0.25, -0.2) is 4.98 Å². The number of anilines is 1. The number of hydrogen-bond donors (Lipinski definition) is 0. The van der Waals surface area contributed by atoms with Crippen molar-refractivity contribution < 1.29 is 4.79 Å².